The van der Waals surface area contributed by atoms with Gasteiger partial charge in [-0.25, -0.2) is 0 Å². The van der Waals surface area contributed by atoms with Gasteiger partial charge in [-0.2, -0.15) is 10.2 Å². The third kappa shape index (κ3) is 10.2. The van der Waals surface area contributed by atoms with Crippen LogP contribution in [0.15, 0.2) is 24.5 Å². The highest BCUT2D eigenvalue weighted by molar-refractivity contribution is 14.1. The van der Waals surface area contributed by atoms with E-state index in [2.05, 4.69) is 96.9 Å². The van der Waals surface area contributed by atoms with Crippen molar-refractivity contribution in [2.75, 3.05) is 4.43 Å². The largest absolute Gasteiger partial charge is 0.272 e. The van der Waals surface area contributed by atoms with Crippen molar-refractivity contribution >= 4 is 67.8 Å². The lowest BCUT2D eigenvalue weighted by atomic mass is 10.7. The van der Waals surface area contributed by atoms with Crippen LogP contribution in [0.2, 0.25) is 0 Å². The SMILES string of the molecule is CCI.CCn1ccc(I)n1.Ic1ccn[nH]1. The van der Waals surface area contributed by atoms with Crippen molar-refractivity contribution in [3.8, 4) is 0 Å². The molecule has 96 valence electrons. The predicted molar refractivity (Wildman–Crippen MR) is 96.5 cm³/mol. The molecule has 0 aliphatic heterocycles. The molecule has 4 nitrogen and oxygen atoms in total. The molecule has 0 bridgehead atoms. The molecule has 0 unspecified atom stereocenters. The van der Waals surface area contributed by atoms with Gasteiger partial charge in [0.2, 0.25) is 0 Å². The number of rotatable bonds is 1. The fourth-order valence-corrected chi connectivity index (χ4v) is 1.49. The van der Waals surface area contributed by atoms with Crippen LogP contribution in [-0.2, 0) is 6.54 Å². The van der Waals surface area contributed by atoms with E-state index in [1.54, 1.807) is 6.20 Å². The third-order valence-electron chi connectivity index (χ3n) is 1.40. The average molecular weight is 572 g/mol. The summed E-state index contributed by atoms with van der Waals surface area (Å²) in [7, 11) is 0. The summed E-state index contributed by atoms with van der Waals surface area (Å²) in [5, 5.41) is 10.6. The maximum Gasteiger partial charge on any atom is 0.123 e. The van der Waals surface area contributed by atoms with Crippen LogP contribution in [0.1, 0.15) is 13.8 Å². The van der Waals surface area contributed by atoms with Gasteiger partial charge >= 0.3 is 0 Å². The van der Waals surface area contributed by atoms with Gasteiger partial charge < -0.3 is 0 Å². The Morgan fingerprint density at radius 1 is 1.29 bits per heavy atom. The predicted octanol–water partition coefficient (Wildman–Crippen LogP) is 3.96. The monoisotopic (exact) mass is 572 g/mol. The molecule has 0 fully saturated rings. The quantitative estimate of drug-likeness (QED) is 0.416. The Kier molecular flexibility index (Phi) is 12.1. The van der Waals surface area contributed by atoms with Gasteiger partial charge in [-0.1, -0.05) is 29.5 Å². The number of H-pyrrole nitrogens is 1. The summed E-state index contributed by atoms with van der Waals surface area (Å²) in [4.78, 5) is 0. The normalized spacial score (nSPS) is 8.76. The summed E-state index contributed by atoms with van der Waals surface area (Å²) in [5.41, 5.74) is 0. The Balaban J connectivity index is 0.000000252. The lowest BCUT2D eigenvalue weighted by Crippen LogP contribution is -1.93. The second kappa shape index (κ2) is 11.7. The Morgan fingerprint density at radius 2 is 1.94 bits per heavy atom. The number of hydrogen-bond donors (Lipinski definition) is 1. The molecule has 0 aliphatic carbocycles. The summed E-state index contributed by atoms with van der Waals surface area (Å²) >= 11 is 6.64. The molecule has 0 aliphatic rings. The lowest BCUT2D eigenvalue weighted by Gasteiger charge is -1.88. The van der Waals surface area contributed by atoms with Gasteiger partial charge in [0, 0.05) is 18.9 Å². The summed E-state index contributed by atoms with van der Waals surface area (Å²) < 4.78 is 5.26. The number of nitrogens with one attached hydrogen (secondary N) is 1. The Morgan fingerprint density at radius 3 is 2.12 bits per heavy atom. The summed E-state index contributed by atoms with van der Waals surface area (Å²) in [6.45, 7) is 5.15. The molecule has 0 radical (unpaired) electrons. The number of nitrogens with zero attached hydrogens (tertiary/aromatic N) is 3. The zero-order valence-electron chi connectivity index (χ0n) is 9.70. The minimum atomic E-state index is 0.961. The first-order valence-electron chi connectivity index (χ1n) is 5.03. The topological polar surface area (TPSA) is 46.5 Å². The zero-order chi connectivity index (χ0) is 13.1. The van der Waals surface area contributed by atoms with E-state index >= 15 is 0 Å². The van der Waals surface area contributed by atoms with Crippen molar-refractivity contribution in [2.24, 2.45) is 0 Å². The van der Waals surface area contributed by atoms with Crippen molar-refractivity contribution in [1.29, 1.82) is 0 Å². The molecular weight excluding hydrogens is 557 g/mol. The number of aromatic nitrogens is 4. The van der Waals surface area contributed by atoms with Crippen molar-refractivity contribution < 1.29 is 0 Å². The molecule has 0 atom stereocenters. The number of alkyl halides is 1. The van der Waals surface area contributed by atoms with E-state index in [4.69, 9.17) is 0 Å². The van der Waals surface area contributed by atoms with E-state index in [1.165, 1.54) is 4.43 Å². The van der Waals surface area contributed by atoms with Crippen LogP contribution >= 0.6 is 67.8 Å². The molecule has 2 aromatic heterocycles. The molecule has 7 heteroatoms. The number of aromatic amines is 1. The van der Waals surface area contributed by atoms with Crippen LogP contribution in [0, 0.1) is 7.40 Å². The van der Waals surface area contributed by atoms with Crippen LogP contribution in [-0.4, -0.2) is 24.4 Å². The Bertz CT molecular complexity index is 373. The summed E-state index contributed by atoms with van der Waals surface area (Å²) in [6, 6.07) is 3.89. The highest BCUT2D eigenvalue weighted by Crippen LogP contribution is 1.97. The third-order valence-corrected chi connectivity index (χ3v) is 2.58. The van der Waals surface area contributed by atoms with Crippen molar-refractivity contribution in [2.45, 2.75) is 20.4 Å². The second-order valence-electron chi connectivity index (χ2n) is 2.67. The van der Waals surface area contributed by atoms with E-state index < -0.39 is 0 Å². The molecule has 2 rings (SSSR count). The van der Waals surface area contributed by atoms with Crippen LogP contribution in [0.4, 0.5) is 0 Å². The maximum absolute atomic E-state index is 4.13. The van der Waals surface area contributed by atoms with Gasteiger partial charge in [0.15, 0.2) is 0 Å². The summed E-state index contributed by atoms with van der Waals surface area (Å²) in [6.07, 6.45) is 3.70. The first-order chi connectivity index (χ1) is 8.13. The van der Waals surface area contributed by atoms with E-state index in [0.29, 0.717) is 0 Å². The second-order valence-corrected chi connectivity index (χ2v) is 6.46. The van der Waals surface area contributed by atoms with Crippen LogP contribution in [0.25, 0.3) is 0 Å². The average Bonchev–Trinajstić information content (AvgIpc) is 2.91. The molecule has 0 saturated carbocycles. The smallest absolute Gasteiger partial charge is 0.123 e. The van der Waals surface area contributed by atoms with Gasteiger partial charge in [0.25, 0.3) is 0 Å². The van der Waals surface area contributed by atoms with E-state index in [1.807, 2.05) is 23.0 Å². The van der Waals surface area contributed by atoms with Crippen LogP contribution in [0.3, 0.4) is 0 Å². The van der Waals surface area contributed by atoms with Gasteiger partial charge in [0.1, 0.15) is 3.70 Å². The molecular formula is C10H15I3N4. The molecule has 0 spiro atoms. The van der Waals surface area contributed by atoms with Gasteiger partial charge in [-0.05, 0) is 68.7 Å². The Hall–Kier alpha value is 0.610. The molecule has 0 saturated heterocycles. The fraction of sp³-hybridized carbons (Fsp3) is 0.400. The standard InChI is InChI=1S/C5H7IN2.C3H3IN2.C2H5I/c1-2-8-4-3-5(6)7-8;4-3-1-2-5-6-3;1-2-3/h3-4H,2H2,1H3;1-2H,(H,5,6);2H2,1H3. The molecule has 0 aromatic carbocycles. The van der Waals surface area contributed by atoms with E-state index in [0.717, 1.165) is 13.9 Å². The van der Waals surface area contributed by atoms with Gasteiger partial charge in [0.05, 0.1) is 3.70 Å². The number of halogens is 3. The van der Waals surface area contributed by atoms with Gasteiger partial charge in [-0.15, -0.1) is 0 Å². The maximum atomic E-state index is 4.13. The van der Waals surface area contributed by atoms with E-state index in [9.17, 15) is 0 Å². The minimum Gasteiger partial charge on any atom is -0.272 e. The van der Waals surface area contributed by atoms with Crippen molar-refractivity contribution in [3.05, 3.63) is 31.9 Å². The van der Waals surface area contributed by atoms with Crippen molar-refractivity contribution in [3.63, 3.8) is 0 Å². The molecule has 0 amide bonds. The fourth-order valence-electron chi connectivity index (χ4n) is 0.752. The first-order valence-corrected chi connectivity index (χ1v) is 8.72. The zero-order valence-corrected chi connectivity index (χ0v) is 16.2. The van der Waals surface area contributed by atoms with Crippen LogP contribution in [0.5, 0.6) is 0 Å². The van der Waals surface area contributed by atoms with Crippen LogP contribution < -0.4 is 0 Å². The molecule has 2 heterocycles. The summed E-state index contributed by atoms with van der Waals surface area (Å²) in [5.74, 6) is 0. The highest BCUT2D eigenvalue weighted by Gasteiger charge is 1.87. The highest BCUT2D eigenvalue weighted by atomic mass is 127. The first kappa shape index (κ1) is 17.6. The number of aryl methyl sites for hydroxylation is 1. The lowest BCUT2D eigenvalue weighted by molar-refractivity contribution is 0.655. The molecule has 2 aromatic rings. The van der Waals surface area contributed by atoms with Gasteiger partial charge in [-0.3, -0.25) is 9.78 Å². The number of hydrogen-bond acceptors (Lipinski definition) is 2. The van der Waals surface area contributed by atoms with E-state index in [-0.39, 0.29) is 0 Å². The minimum absolute atomic E-state index is 0.961. The van der Waals surface area contributed by atoms with Crippen molar-refractivity contribution in [1.82, 2.24) is 20.0 Å². The Labute approximate surface area is 143 Å². The molecule has 17 heavy (non-hydrogen) atoms. The molecule has 1 N–H and O–H groups in total.